The summed E-state index contributed by atoms with van der Waals surface area (Å²) < 4.78 is 236. The standard InChI is InChI=1S/C22H12F18O2/c23-15(24,17(27,28)19(31,32)21(35,36)37)12-4-6-14(7-5-12)42-41-9-8-11-2-1-3-13(10-11)16(25,26)18(29,30)20(33,34)22(38,39)40/h1-7,10H,8-9H2. The number of halogens is 18. The Morgan fingerprint density at radius 3 is 1.33 bits per heavy atom. The van der Waals surface area contributed by atoms with Crippen molar-refractivity contribution in [3.05, 3.63) is 65.2 Å². The number of hydrogen-bond acceptors (Lipinski definition) is 2. The first-order valence-electron chi connectivity index (χ1n) is 10.6. The Hall–Kier alpha value is -3.06. The molecule has 0 aliphatic rings. The maximum atomic E-state index is 14.1. The highest BCUT2D eigenvalue weighted by atomic mass is 19.4. The van der Waals surface area contributed by atoms with Crippen molar-refractivity contribution in [2.75, 3.05) is 6.61 Å². The van der Waals surface area contributed by atoms with Gasteiger partial charge in [-0.2, -0.15) is 83.9 Å². The summed E-state index contributed by atoms with van der Waals surface area (Å²) in [6.45, 7) is -0.752. The molecular formula is C22H12F18O2. The van der Waals surface area contributed by atoms with Crippen molar-refractivity contribution in [2.45, 2.75) is 54.3 Å². The van der Waals surface area contributed by atoms with Crippen LogP contribution in [0.25, 0.3) is 0 Å². The van der Waals surface area contributed by atoms with Crippen LogP contribution in [-0.4, -0.2) is 42.6 Å². The van der Waals surface area contributed by atoms with Crippen LogP contribution in [0.5, 0.6) is 5.75 Å². The van der Waals surface area contributed by atoms with Crippen molar-refractivity contribution in [3.8, 4) is 5.75 Å². The number of benzene rings is 2. The zero-order valence-corrected chi connectivity index (χ0v) is 19.7. The van der Waals surface area contributed by atoms with E-state index in [1.807, 2.05) is 0 Å². The summed E-state index contributed by atoms with van der Waals surface area (Å²) in [4.78, 5) is 8.98. The van der Waals surface area contributed by atoms with Crippen molar-refractivity contribution in [1.82, 2.24) is 0 Å². The van der Waals surface area contributed by atoms with Gasteiger partial charge in [0.05, 0.1) is 6.61 Å². The highest BCUT2D eigenvalue weighted by Gasteiger charge is 2.83. The third-order valence-corrected chi connectivity index (χ3v) is 5.43. The Morgan fingerprint density at radius 2 is 0.905 bits per heavy atom. The van der Waals surface area contributed by atoms with Crippen molar-refractivity contribution in [1.29, 1.82) is 0 Å². The van der Waals surface area contributed by atoms with Crippen LogP contribution < -0.4 is 4.89 Å². The Morgan fingerprint density at radius 1 is 0.476 bits per heavy atom. The van der Waals surface area contributed by atoms with E-state index in [0.29, 0.717) is 18.2 Å². The highest BCUT2D eigenvalue weighted by Crippen LogP contribution is 2.58. The average molecular weight is 650 g/mol. The van der Waals surface area contributed by atoms with E-state index in [9.17, 15) is 79.0 Å². The molecule has 0 fully saturated rings. The SMILES string of the molecule is FC(F)(F)C(F)(F)C(F)(F)C(F)(F)c1ccc(OOCCc2cccc(C(F)(F)C(F)(F)C(F)(F)C(F)(F)F)c2)cc1. The lowest BCUT2D eigenvalue weighted by Crippen LogP contribution is -2.59. The first-order valence-corrected chi connectivity index (χ1v) is 10.6. The second-order valence-electron chi connectivity index (χ2n) is 8.32. The smallest absolute Gasteiger partial charge is 0.338 e. The maximum absolute atomic E-state index is 14.1. The predicted octanol–water partition coefficient (Wildman–Crippen LogP) is 9.09. The largest absolute Gasteiger partial charge is 0.460 e. The van der Waals surface area contributed by atoms with Crippen molar-refractivity contribution in [3.63, 3.8) is 0 Å². The molecule has 0 N–H and O–H groups in total. The minimum absolute atomic E-state index is 0.0263. The van der Waals surface area contributed by atoms with Crippen LogP contribution in [0.1, 0.15) is 16.7 Å². The van der Waals surface area contributed by atoms with Crippen LogP contribution in [0.2, 0.25) is 0 Å². The number of rotatable bonds is 11. The molecule has 0 radical (unpaired) electrons. The normalized spacial score (nSPS) is 14.7. The van der Waals surface area contributed by atoms with E-state index in [4.69, 9.17) is 0 Å². The second kappa shape index (κ2) is 10.9. The molecule has 2 rings (SSSR count). The zero-order valence-electron chi connectivity index (χ0n) is 19.7. The van der Waals surface area contributed by atoms with Gasteiger partial charge in [-0.3, -0.25) is 0 Å². The van der Waals surface area contributed by atoms with E-state index in [2.05, 4.69) is 9.78 Å². The van der Waals surface area contributed by atoms with Crippen LogP contribution in [0, 0.1) is 0 Å². The summed E-state index contributed by atoms with van der Waals surface area (Å²) in [6, 6.07) is 2.44. The molecule has 0 atom stereocenters. The first kappa shape index (κ1) is 35.1. The van der Waals surface area contributed by atoms with Crippen molar-refractivity contribution >= 4 is 0 Å². The summed E-state index contributed by atoms with van der Waals surface area (Å²) in [7, 11) is 0. The molecule has 0 amide bonds. The molecule has 0 unspecified atom stereocenters. The van der Waals surface area contributed by atoms with Gasteiger partial charge in [0.25, 0.3) is 0 Å². The molecule has 0 saturated carbocycles. The van der Waals surface area contributed by atoms with Gasteiger partial charge in [-0.15, -0.1) is 0 Å². The molecule has 0 spiro atoms. The van der Waals surface area contributed by atoms with E-state index >= 15 is 0 Å². The Labute approximate surface area is 221 Å². The Kier molecular flexibility index (Phi) is 9.11. The summed E-state index contributed by atoms with van der Waals surface area (Å²) in [5, 5.41) is 0. The van der Waals surface area contributed by atoms with Crippen LogP contribution >= 0.6 is 0 Å². The molecular weight excluding hydrogens is 638 g/mol. The van der Waals surface area contributed by atoms with Crippen molar-refractivity contribution < 1.29 is 88.8 Å². The molecule has 0 saturated heterocycles. The Bertz CT molecular complexity index is 1220. The van der Waals surface area contributed by atoms with Crippen molar-refractivity contribution in [2.24, 2.45) is 0 Å². The third kappa shape index (κ3) is 5.90. The van der Waals surface area contributed by atoms with Gasteiger partial charge >= 0.3 is 47.9 Å². The molecule has 0 aromatic heterocycles. The molecule has 2 aromatic carbocycles. The first-order chi connectivity index (χ1) is 18.7. The average Bonchev–Trinajstić information content (AvgIpc) is 2.85. The van der Waals surface area contributed by atoms with Crippen LogP contribution in [-0.2, 0) is 23.2 Å². The molecule has 20 heteroatoms. The van der Waals surface area contributed by atoms with Gasteiger partial charge in [0.2, 0.25) is 0 Å². The van der Waals surface area contributed by atoms with Gasteiger partial charge in [0.15, 0.2) is 5.75 Å². The lowest BCUT2D eigenvalue weighted by molar-refractivity contribution is -0.399. The second-order valence-corrected chi connectivity index (χ2v) is 8.32. The van der Waals surface area contributed by atoms with Gasteiger partial charge in [-0.25, -0.2) is 0 Å². The highest BCUT2D eigenvalue weighted by molar-refractivity contribution is 5.32. The van der Waals surface area contributed by atoms with E-state index < -0.39 is 83.4 Å². The molecule has 0 bridgehead atoms. The monoisotopic (exact) mass is 650 g/mol. The topological polar surface area (TPSA) is 18.5 Å². The van der Waals surface area contributed by atoms with Gasteiger partial charge in [0, 0.05) is 11.1 Å². The fourth-order valence-electron chi connectivity index (χ4n) is 3.02. The fourth-order valence-corrected chi connectivity index (χ4v) is 3.02. The van der Waals surface area contributed by atoms with Crippen LogP contribution in [0.3, 0.4) is 0 Å². The lowest BCUT2D eigenvalue weighted by atomic mass is 9.95. The van der Waals surface area contributed by atoms with Gasteiger partial charge in [-0.1, -0.05) is 18.2 Å². The molecule has 0 heterocycles. The summed E-state index contributed by atoms with van der Waals surface area (Å²) in [6.07, 6.45) is -14.7. The molecule has 2 nitrogen and oxygen atoms in total. The number of hydrogen-bond donors (Lipinski definition) is 0. The van der Waals surface area contributed by atoms with Gasteiger partial charge in [-0.05, 0) is 42.3 Å². The Balaban J connectivity index is 2.10. The minimum atomic E-state index is -7.14. The van der Waals surface area contributed by atoms with E-state index in [0.717, 1.165) is 6.07 Å². The number of alkyl halides is 18. The van der Waals surface area contributed by atoms with Crippen LogP contribution in [0.4, 0.5) is 79.0 Å². The fraction of sp³-hybridized carbons (Fsp3) is 0.455. The maximum Gasteiger partial charge on any atom is 0.460 e. The van der Waals surface area contributed by atoms with E-state index in [1.165, 1.54) is 0 Å². The molecule has 238 valence electrons. The summed E-state index contributed by atoms with van der Waals surface area (Å²) in [5.74, 6) is -40.9. The molecule has 0 aliphatic carbocycles. The quantitative estimate of drug-likeness (QED) is 0.105. The molecule has 42 heavy (non-hydrogen) atoms. The lowest BCUT2D eigenvalue weighted by Gasteiger charge is -2.34. The van der Waals surface area contributed by atoms with Gasteiger partial charge < -0.3 is 4.89 Å². The summed E-state index contributed by atoms with van der Waals surface area (Å²) in [5.41, 5.74) is -4.36. The predicted molar refractivity (Wildman–Crippen MR) is 103 cm³/mol. The molecule has 0 aliphatic heterocycles. The third-order valence-electron chi connectivity index (χ3n) is 5.43. The molecule has 2 aromatic rings. The minimum Gasteiger partial charge on any atom is -0.338 e. The van der Waals surface area contributed by atoms with Crippen LogP contribution in [0.15, 0.2) is 48.5 Å². The zero-order chi connectivity index (χ0) is 32.8. The van der Waals surface area contributed by atoms with Gasteiger partial charge in [0.1, 0.15) is 0 Å². The van der Waals surface area contributed by atoms with E-state index in [-0.39, 0.29) is 24.3 Å². The van der Waals surface area contributed by atoms with E-state index in [1.54, 1.807) is 0 Å². The summed E-state index contributed by atoms with van der Waals surface area (Å²) >= 11 is 0.